The monoisotopic (exact) mass is 494 g/mol. The highest BCUT2D eigenvalue weighted by Gasteiger charge is 2.42. The Morgan fingerprint density at radius 1 is 1.03 bits per heavy atom. The van der Waals surface area contributed by atoms with E-state index in [-0.39, 0.29) is 23.7 Å². The van der Waals surface area contributed by atoms with E-state index in [1.54, 1.807) is 12.1 Å². The second-order valence-corrected chi connectivity index (χ2v) is 9.80. The number of rotatable bonds is 6. The molecule has 0 spiro atoms. The van der Waals surface area contributed by atoms with Crippen LogP contribution in [0.2, 0.25) is 0 Å². The number of amides is 2. The molecule has 0 fully saturated rings. The molecule has 0 bridgehead atoms. The van der Waals surface area contributed by atoms with E-state index < -0.39 is 0 Å². The third-order valence-electron chi connectivity index (χ3n) is 7.64. The van der Waals surface area contributed by atoms with E-state index in [1.165, 1.54) is 10.9 Å². The molecular formula is C30H30N4O3. The molecule has 4 aromatic rings. The van der Waals surface area contributed by atoms with Gasteiger partial charge in [-0.2, -0.15) is 0 Å². The second kappa shape index (κ2) is 9.32. The molecule has 188 valence electrons. The van der Waals surface area contributed by atoms with E-state index in [9.17, 15) is 14.7 Å². The van der Waals surface area contributed by atoms with Crippen LogP contribution in [0.1, 0.15) is 39.8 Å². The molecule has 1 atom stereocenters. The van der Waals surface area contributed by atoms with Crippen LogP contribution in [0.25, 0.3) is 10.9 Å². The van der Waals surface area contributed by atoms with E-state index in [1.807, 2.05) is 47.4 Å². The van der Waals surface area contributed by atoms with Crippen molar-refractivity contribution in [3.63, 3.8) is 0 Å². The summed E-state index contributed by atoms with van der Waals surface area (Å²) in [5.41, 5.74) is 6.21. The number of aromatic hydroxyl groups is 1. The molecule has 3 heterocycles. The van der Waals surface area contributed by atoms with Gasteiger partial charge >= 0.3 is 0 Å². The Kier molecular flexibility index (Phi) is 5.83. The van der Waals surface area contributed by atoms with Crippen LogP contribution in [0.3, 0.4) is 0 Å². The minimum absolute atomic E-state index is 0.00334. The molecule has 0 aliphatic carbocycles. The van der Waals surface area contributed by atoms with Crippen LogP contribution in [0, 0.1) is 0 Å². The molecule has 2 aliphatic heterocycles. The van der Waals surface area contributed by atoms with Crippen molar-refractivity contribution in [3.05, 3.63) is 95.2 Å². The largest absolute Gasteiger partial charge is 0.508 e. The molecule has 0 radical (unpaired) electrons. The zero-order valence-corrected chi connectivity index (χ0v) is 20.9. The van der Waals surface area contributed by atoms with Crippen LogP contribution < -0.4 is 10.2 Å². The number of aryl methyl sites for hydroxylation is 1. The Morgan fingerprint density at radius 2 is 1.78 bits per heavy atom. The lowest BCUT2D eigenvalue weighted by Crippen LogP contribution is -2.51. The predicted octanol–water partition coefficient (Wildman–Crippen LogP) is 4.24. The summed E-state index contributed by atoms with van der Waals surface area (Å²) >= 11 is 0. The van der Waals surface area contributed by atoms with E-state index in [2.05, 4.69) is 40.0 Å². The highest BCUT2D eigenvalue weighted by Crippen LogP contribution is 2.44. The third kappa shape index (κ3) is 4.00. The van der Waals surface area contributed by atoms with Gasteiger partial charge in [0.15, 0.2) is 0 Å². The number of phenols is 1. The zero-order valence-electron chi connectivity index (χ0n) is 20.9. The van der Waals surface area contributed by atoms with Gasteiger partial charge in [0.1, 0.15) is 11.9 Å². The van der Waals surface area contributed by atoms with E-state index in [0.29, 0.717) is 32.5 Å². The Labute approximate surface area is 215 Å². The average molecular weight is 495 g/mol. The number of benzene rings is 3. The lowest BCUT2D eigenvalue weighted by Gasteiger charge is -2.46. The molecule has 2 aliphatic rings. The molecule has 0 saturated carbocycles. The van der Waals surface area contributed by atoms with E-state index in [4.69, 9.17) is 0 Å². The van der Waals surface area contributed by atoms with Gasteiger partial charge in [-0.3, -0.25) is 9.59 Å². The van der Waals surface area contributed by atoms with E-state index in [0.717, 1.165) is 34.4 Å². The summed E-state index contributed by atoms with van der Waals surface area (Å²) in [5.74, 6) is 0.298. The van der Waals surface area contributed by atoms with Crippen molar-refractivity contribution in [2.24, 2.45) is 0 Å². The molecular weight excluding hydrogens is 464 g/mol. The molecule has 3 aromatic carbocycles. The fraction of sp³-hybridized carbons (Fsp3) is 0.267. The normalized spacial score (nSPS) is 16.4. The molecule has 37 heavy (non-hydrogen) atoms. The molecule has 1 aromatic heterocycles. The maximum absolute atomic E-state index is 13.5. The Bertz CT molecular complexity index is 1490. The first-order valence-electron chi connectivity index (χ1n) is 12.8. The lowest BCUT2D eigenvalue weighted by atomic mass is 9.96. The molecule has 6 rings (SSSR count). The first-order chi connectivity index (χ1) is 18.0. The summed E-state index contributed by atoms with van der Waals surface area (Å²) < 4.78 is 2.25. The first-order valence-corrected chi connectivity index (χ1v) is 12.8. The van der Waals surface area contributed by atoms with Crippen molar-refractivity contribution in [1.82, 2.24) is 14.8 Å². The van der Waals surface area contributed by atoms with Crippen molar-refractivity contribution >= 4 is 28.4 Å². The summed E-state index contributed by atoms with van der Waals surface area (Å²) in [6, 6.07) is 23.2. The summed E-state index contributed by atoms with van der Waals surface area (Å²) in [6.07, 6.45) is 1.63. The van der Waals surface area contributed by atoms with Crippen molar-refractivity contribution in [2.75, 3.05) is 25.0 Å². The number of carbonyl (C=O) groups is 2. The van der Waals surface area contributed by atoms with Gasteiger partial charge in [0, 0.05) is 44.0 Å². The van der Waals surface area contributed by atoms with Crippen LogP contribution in [-0.2, 0) is 24.2 Å². The van der Waals surface area contributed by atoms with Crippen molar-refractivity contribution in [2.45, 2.75) is 32.0 Å². The number of aromatic nitrogens is 1. The van der Waals surface area contributed by atoms with Gasteiger partial charge in [0.05, 0.1) is 16.9 Å². The van der Waals surface area contributed by atoms with Crippen molar-refractivity contribution in [3.8, 4) is 5.75 Å². The fourth-order valence-electron chi connectivity index (χ4n) is 5.86. The van der Waals surface area contributed by atoms with Gasteiger partial charge in [-0.25, -0.2) is 0 Å². The number of phenolic OH excluding ortho intramolecular Hbond substituents is 1. The van der Waals surface area contributed by atoms with Gasteiger partial charge in [-0.1, -0.05) is 42.5 Å². The zero-order chi connectivity index (χ0) is 25.5. The van der Waals surface area contributed by atoms with Crippen molar-refractivity contribution in [1.29, 1.82) is 0 Å². The molecule has 2 amide bonds. The number of para-hydroxylation sites is 2. The molecule has 2 N–H and O–H groups in total. The molecule has 1 unspecified atom stereocenters. The Balaban J connectivity index is 1.27. The van der Waals surface area contributed by atoms with Gasteiger partial charge < -0.3 is 24.8 Å². The predicted molar refractivity (Wildman–Crippen MR) is 144 cm³/mol. The summed E-state index contributed by atoms with van der Waals surface area (Å²) in [6.45, 7) is 1.74. The summed E-state index contributed by atoms with van der Waals surface area (Å²) in [4.78, 5) is 30.4. The number of hydrogen-bond donors (Lipinski definition) is 2. The first kappa shape index (κ1) is 23.2. The smallest absolute Gasteiger partial charge is 0.257 e. The summed E-state index contributed by atoms with van der Waals surface area (Å²) in [5, 5.41) is 13.7. The quantitative estimate of drug-likeness (QED) is 0.420. The van der Waals surface area contributed by atoms with E-state index >= 15 is 0 Å². The maximum atomic E-state index is 13.5. The third-order valence-corrected chi connectivity index (χ3v) is 7.64. The number of carbonyl (C=O) groups excluding carboxylic acids is 2. The topological polar surface area (TPSA) is 77.8 Å². The minimum atomic E-state index is -0.212. The average Bonchev–Trinajstić information content (AvgIpc) is 3.25. The van der Waals surface area contributed by atoms with Gasteiger partial charge in [0.25, 0.3) is 5.91 Å². The number of fused-ring (bicyclic) bond motifs is 6. The number of hydrogen-bond acceptors (Lipinski definition) is 4. The Hall–Kier alpha value is -4.26. The van der Waals surface area contributed by atoms with Crippen LogP contribution in [0.15, 0.2) is 72.8 Å². The second-order valence-electron chi connectivity index (χ2n) is 9.80. The van der Waals surface area contributed by atoms with Crippen molar-refractivity contribution < 1.29 is 14.7 Å². The number of nitrogens with zero attached hydrogens (tertiary/aromatic N) is 3. The molecule has 7 heteroatoms. The SMILES string of the molecule is CN1c2ccccc2C(=O)N2CCc3c(n(CCC(=O)NCCc4ccc(O)cc4)c4ccccc34)C21. The van der Waals surface area contributed by atoms with Gasteiger partial charge in [-0.05, 0) is 54.3 Å². The Morgan fingerprint density at radius 3 is 2.62 bits per heavy atom. The van der Waals surface area contributed by atoms with Crippen LogP contribution >= 0.6 is 0 Å². The number of anilines is 1. The maximum Gasteiger partial charge on any atom is 0.257 e. The lowest BCUT2D eigenvalue weighted by molar-refractivity contribution is -0.121. The van der Waals surface area contributed by atoms with Crippen LogP contribution in [0.4, 0.5) is 5.69 Å². The molecule has 7 nitrogen and oxygen atoms in total. The van der Waals surface area contributed by atoms with Gasteiger partial charge in [0.2, 0.25) is 5.91 Å². The highest BCUT2D eigenvalue weighted by atomic mass is 16.3. The standard InChI is InChI=1S/C30H30N4O3/c1-32-25-8-4-3-7-24(25)30(37)34-18-15-23-22-6-2-5-9-26(22)33(28(23)29(32)34)19-16-27(36)31-17-14-20-10-12-21(35)13-11-20/h2-13,29,35H,14-19H2,1H3,(H,31,36). The van der Waals surface area contributed by atoms with Gasteiger partial charge in [-0.15, -0.1) is 0 Å². The van der Waals surface area contributed by atoms with Crippen LogP contribution in [-0.4, -0.2) is 46.5 Å². The molecule has 0 saturated heterocycles. The minimum Gasteiger partial charge on any atom is -0.508 e. The highest BCUT2D eigenvalue weighted by molar-refractivity contribution is 6.02. The fourth-order valence-corrected chi connectivity index (χ4v) is 5.86. The number of nitrogens with one attached hydrogen (secondary N) is 1. The summed E-state index contributed by atoms with van der Waals surface area (Å²) in [7, 11) is 2.05. The van der Waals surface area contributed by atoms with Crippen LogP contribution in [0.5, 0.6) is 5.75 Å².